The maximum atomic E-state index is 12.0. The van der Waals surface area contributed by atoms with Crippen LogP contribution in [0.15, 0.2) is 18.2 Å². The van der Waals surface area contributed by atoms with E-state index in [0.29, 0.717) is 17.9 Å². The van der Waals surface area contributed by atoms with Crippen molar-refractivity contribution in [2.24, 2.45) is 0 Å². The summed E-state index contributed by atoms with van der Waals surface area (Å²) in [6, 6.07) is 5.43. The fourth-order valence-corrected chi connectivity index (χ4v) is 2.29. The molecule has 8 nitrogen and oxygen atoms in total. The number of nitrogens with zero attached hydrogens (tertiary/aromatic N) is 1. The lowest BCUT2D eigenvalue weighted by Gasteiger charge is -2.24. The molecule has 0 saturated carbocycles. The highest BCUT2D eigenvalue weighted by Gasteiger charge is 2.20. The van der Waals surface area contributed by atoms with Gasteiger partial charge in [0.25, 0.3) is 0 Å². The minimum Gasteiger partial charge on any atom is -0.481 e. The molecule has 0 spiro atoms. The zero-order valence-corrected chi connectivity index (χ0v) is 14.2. The minimum absolute atomic E-state index is 0.154. The van der Waals surface area contributed by atoms with Gasteiger partial charge in [0, 0.05) is 19.5 Å². The van der Waals surface area contributed by atoms with Gasteiger partial charge in [-0.2, -0.15) is 0 Å². The molecule has 25 heavy (non-hydrogen) atoms. The number of amides is 1. The number of ketones is 1. The van der Waals surface area contributed by atoms with Crippen LogP contribution < -0.4 is 9.47 Å². The van der Waals surface area contributed by atoms with Gasteiger partial charge >= 0.3 is 12.1 Å². The van der Waals surface area contributed by atoms with Crippen molar-refractivity contribution in [1.29, 1.82) is 0 Å². The van der Waals surface area contributed by atoms with E-state index in [9.17, 15) is 14.4 Å². The molecule has 0 saturated heterocycles. The molecular weight excluding hydrogens is 330 g/mol. The van der Waals surface area contributed by atoms with Crippen LogP contribution in [0.25, 0.3) is 0 Å². The van der Waals surface area contributed by atoms with E-state index in [4.69, 9.17) is 19.3 Å². The van der Waals surface area contributed by atoms with Crippen molar-refractivity contribution in [3.8, 4) is 11.5 Å². The molecule has 0 fully saturated rings. The summed E-state index contributed by atoms with van der Waals surface area (Å²) in [6.45, 7) is 1.64. The van der Waals surface area contributed by atoms with E-state index < -0.39 is 24.5 Å². The first-order valence-corrected chi connectivity index (χ1v) is 7.88. The SMILES string of the molecule is CC(Cc1ccc2c(c1)OCO2)N(C)C(=O)OCC(=O)CCC(=O)O. The largest absolute Gasteiger partial charge is 0.481 e. The third-order valence-electron chi connectivity index (χ3n) is 3.89. The van der Waals surface area contributed by atoms with Gasteiger partial charge in [0.1, 0.15) is 0 Å². The molecule has 1 amide bonds. The molecule has 0 bridgehead atoms. The molecule has 1 N–H and O–H groups in total. The van der Waals surface area contributed by atoms with Gasteiger partial charge in [-0.05, 0) is 31.0 Å². The van der Waals surface area contributed by atoms with Crippen LogP contribution >= 0.6 is 0 Å². The monoisotopic (exact) mass is 351 g/mol. The predicted octanol–water partition coefficient (Wildman–Crippen LogP) is 1.85. The number of aliphatic carboxylic acids is 1. The van der Waals surface area contributed by atoms with Crippen LogP contribution in [0, 0.1) is 0 Å². The smallest absolute Gasteiger partial charge is 0.410 e. The molecule has 0 radical (unpaired) electrons. The van der Waals surface area contributed by atoms with Crippen LogP contribution in [-0.2, 0) is 20.7 Å². The Morgan fingerprint density at radius 2 is 1.96 bits per heavy atom. The first-order chi connectivity index (χ1) is 11.9. The molecule has 1 aliphatic rings. The van der Waals surface area contributed by atoms with E-state index in [1.54, 1.807) is 7.05 Å². The van der Waals surface area contributed by atoms with Crippen molar-refractivity contribution in [2.75, 3.05) is 20.4 Å². The summed E-state index contributed by atoms with van der Waals surface area (Å²) in [6.07, 6.45) is -0.474. The number of Topliss-reactive ketones (excluding diaryl/α,β-unsaturated/α-hetero) is 1. The standard InChI is InChI=1S/C17H21NO7/c1-11(7-12-3-5-14-15(8-12)25-10-24-14)18(2)17(22)23-9-13(19)4-6-16(20)21/h3,5,8,11H,4,6-7,9-10H2,1-2H3,(H,20,21). The number of carbonyl (C=O) groups is 3. The Balaban J connectivity index is 1.80. The Hall–Kier alpha value is -2.77. The van der Waals surface area contributed by atoms with Crippen LogP contribution in [-0.4, -0.2) is 54.3 Å². The summed E-state index contributed by atoms with van der Waals surface area (Å²) in [5, 5.41) is 8.51. The molecule has 0 aliphatic carbocycles. The summed E-state index contributed by atoms with van der Waals surface area (Å²) in [5.41, 5.74) is 0.980. The maximum Gasteiger partial charge on any atom is 0.410 e. The van der Waals surface area contributed by atoms with Gasteiger partial charge in [0.15, 0.2) is 23.9 Å². The Kier molecular flexibility index (Phi) is 6.21. The number of rotatable bonds is 8. The fourth-order valence-electron chi connectivity index (χ4n) is 2.29. The number of carboxylic acids is 1. The van der Waals surface area contributed by atoms with E-state index in [0.717, 1.165) is 5.56 Å². The van der Waals surface area contributed by atoms with Crippen molar-refractivity contribution >= 4 is 17.8 Å². The number of hydrogen-bond donors (Lipinski definition) is 1. The third kappa shape index (κ3) is 5.37. The highest BCUT2D eigenvalue weighted by Crippen LogP contribution is 2.32. The average molecular weight is 351 g/mol. The van der Waals surface area contributed by atoms with E-state index in [-0.39, 0.29) is 25.7 Å². The summed E-state index contributed by atoms with van der Waals surface area (Å²) in [5.74, 6) is -0.107. The molecule has 1 heterocycles. The molecule has 1 atom stereocenters. The number of hydrogen-bond acceptors (Lipinski definition) is 6. The number of carboxylic acid groups (broad SMARTS) is 1. The second-order valence-corrected chi connectivity index (χ2v) is 5.84. The summed E-state index contributed by atoms with van der Waals surface area (Å²) in [7, 11) is 1.59. The van der Waals surface area contributed by atoms with Crippen molar-refractivity contribution in [2.45, 2.75) is 32.2 Å². The van der Waals surface area contributed by atoms with Crippen LogP contribution in [0.1, 0.15) is 25.3 Å². The lowest BCUT2D eigenvalue weighted by atomic mass is 10.1. The molecular formula is C17H21NO7. The predicted molar refractivity (Wildman–Crippen MR) is 86.7 cm³/mol. The van der Waals surface area contributed by atoms with Gasteiger partial charge in [-0.3, -0.25) is 9.59 Å². The van der Waals surface area contributed by atoms with Gasteiger partial charge in [-0.25, -0.2) is 4.79 Å². The summed E-state index contributed by atoms with van der Waals surface area (Å²) < 4.78 is 15.5. The lowest BCUT2D eigenvalue weighted by Crippen LogP contribution is -2.37. The number of fused-ring (bicyclic) bond motifs is 1. The molecule has 0 aromatic heterocycles. The normalized spacial score (nSPS) is 13.2. The van der Waals surface area contributed by atoms with Crippen molar-refractivity contribution in [1.82, 2.24) is 4.90 Å². The Bertz CT molecular complexity index is 658. The maximum absolute atomic E-state index is 12.0. The molecule has 1 aromatic carbocycles. The van der Waals surface area contributed by atoms with Crippen LogP contribution in [0.5, 0.6) is 11.5 Å². The summed E-state index contributed by atoms with van der Waals surface area (Å²) in [4.78, 5) is 35.3. The van der Waals surface area contributed by atoms with Gasteiger partial charge in [-0.1, -0.05) is 6.07 Å². The van der Waals surface area contributed by atoms with E-state index in [1.165, 1.54) is 4.90 Å². The average Bonchev–Trinajstić information content (AvgIpc) is 3.04. The van der Waals surface area contributed by atoms with Gasteiger partial charge in [-0.15, -0.1) is 0 Å². The molecule has 1 aliphatic heterocycles. The van der Waals surface area contributed by atoms with Crippen molar-refractivity contribution in [3.05, 3.63) is 23.8 Å². The highest BCUT2D eigenvalue weighted by molar-refractivity contribution is 5.84. The van der Waals surface area contributed by atoms with Crippen molar-refractivity contribution in [3.63, 3.8) is 0 Å². The van der Waals surface area contributed by atoms with Crippen molar-refractivity contribution < 1.29 is 33.7 Å². The Morgan fingerprint density at radius 1 is 1.24 bits per heavy atom. The Morgan fingerprint density at radius 3 is 2.68 bits per heavy atom. The van der Waals surface area contributed by atoms with Gasteiger partial charge < -0.3 is 24.2 Å². The van der Waals surface area contributed by atoms with Crippen LogP contribution in [0.4, 0.5) is 4.79 Å². The number of benzene rings is 1. The first-order valence-electron chi connectivity index (χ1n) is 7.88. The second kappa shape index (κ2) is 8.36. The van der Waals surface area contributed by atoms with E-state index >= 15 is 0 Å². The number of likely N-dealkylation sites (N-methyl/N-ethyl adjacent to an activating group) is 1. The number of carbonyl (C=O) groups excluding carboxylic acids is 2. The Labute approximate surface area is 145 Å². The topological polar surface area (TPSA) is 102 Å². The van der Waals surface area contributed by atoms with Gasteiger partial charge in [0.05, 0.1) is 6.42 Å². The van der Waals surface area contributed by atoms with Crippen LogP contribution in [0.2, 0.25) is 0 Å². The quantitative estimate of drug-likeness (QED) is 0.762. The fraction of sp³-hybridized carbons (Fsp3) is 0.471. The minimum atomic E-state index is -1.06. The zero-order valence-electron chi connectivity index (χ0n) is 14.2. The summed E-state index contributed by atoms with van der Waals surface area (Å²) >= 11 is 0. The van der Waals surface area contributed by atoms with E-state index in [2.05, 4.69) is 0 Å². The van der Waals surface area contributed by atoms with Crippen LogP contribution in [0.3, 0.4) is 0 Å². The van der Waals surface area contributed by atoms with Gasteiger partial charge in [0.2, 0.25) is 6.79 Å². The number of ether oxygens (including phenoxy) is 3. The molecule has 1 aromatic rings. The first kappa shape index (κ1) is 18.6. The molecule has 136 valence electrons. The zero-order chi connectivity index (χ0) is 18.4. The highest BCUT2D eigenvalue weighted by atomic mass is 16.7. The second-order valence-electron chi connectivity index (χ2n) is 5.84. The lowest BCUT2D eigenvalue weighted by molar-refractivity contribution is -0.138. The van der Waals surface area contributed by atoms with E-state index in [1.807, 2.05) is 25.1 Å². The third-order valence-corrected chi connectivity index (χ3v) is 3.89. The molecule has 2 rings (SSSR count). The molecule has 8 heteroatoms. The molecule has 1 unspecified atom stereocenters.